The van der Waals surface area contributed by atoms with E-state index in [1.165, 1.54) is 11.8 Å². The van der Waals surface area contributed by atoms with Gasteiger partial charge in [0.2, 0.25) is 11.8 Å². The van der Waals surface area contributed by atoms with Gasteiger partial charge < -0.3 is 19.5 Å². The average molecular weight is 500 g/mol. The van der Waals surface area contributed by atoms with Crippen LogP contribution in [0.15, 0.2) is 47.5 Å². The number of benzene rings is 2. The molecule has 0 radical (unpaired) electrons. The number of nitrogens with zero attached hydrogens (tertiary/aromatic N) is 2. The summed E-state index contributed by atoms with van der Waals surface area (Å²) in [5, 5.41) is 2.59. The van der Waals surface area contributed by atoms with Crippen LogP contribution in [0.4, 0.5) is 5.69 Å². The van der Waals surface area contributed by atoms with Crippen LogP contribution in [0.25, 0.3) is 0 Å². The van der Waals surface area contributed by atoms with Gasteiger partial charge in [0.05, 0.1) is 43.9 Å². The molecule has 9 nitrogen and oxygen atoms in total. The second-order valence-corrected chi connectivity index (χ2v) is 8.71. The highest BCUT2D eigenvalue weighted by molar-refractivity contribution is 8.15. The minimum Gasteiger partial charge on any atom is -0.493 e. The number of amidine groups is 1. The van der Waals surface area contributed by atoms with Crippen molar-refractivity contribution in [3.05, 3.63) is 53.6 Å². The summed E-state index contributed by atoms with van der Waals surface area (Å²) < 4.78 is 15.7. The van der Waals surface area contributed by atoms with E-state index in [9.17, 15) is 14.4 Å². The van der Waals surface area contributed by atoms with E-state index in [1.807, 2.05) is 13.0 Å². The molecule has 0 aliphatic carbocycles. The van der Waals surface area contributed by atoms with Crippen LogP contribution in [0.1, 0.15) is 36.2 Å². The molecular formula is C25H29N3O6S. The molecule has 0 spiro atoms. The van der Waals surface area contributed by atoms with Gasteiger partial charge in [-0.1, -0.05) is 17.8 Å². The topological polar surface area (TPSA) is 107 Å². The number of thioether (sulfide) groups is 1. The third-order valence-electron chi connectivity index (χ3n) is 5.17. The zero-order valence-corrected chi connectivity index (χ0v) is 21.0. The molecule has 186 valence electrons. The van der Waals surface area contributed by atoms with Crippen molar-refractivity contribution in [2.75, 3.05) is 27.4 Å². The molecule has 10 heteroatoms. The Morgan fingerprint density at radius 1 is 1.09 bits per heavy atom. The third-order valence-corrected chi connectivity index (χ3v) is 6.36. The molecule has 1 atom stereocenters. The first kappa shape index (κ1) is 26.1. The number of nitrogens with one attached hydrogen (secondary N) is 1. The number of ether oxygens (including phenoxy) is 3. The number of aliphatic imine (C=N–C) groups is 1. The molecule has 2 aromatic rings. The maximum atomic E-state index is 13.1. The second kappa shape index (κ2) is 12.3. The lowest BCUT2D eigenvalue weighted by Crippen LogP contribution is -2.46. The molecule has 1 heterocycles. The quantitative estimate of drug-likeness (QED) is 0.526. The predicted octanol–water partition coefficient (Wildman–Crippen LogP) is 3.54. The molecule has 0 bridgehead atoms. The van der Waals surface area contributed by atoms with E-state index in [1.54, 1.807) is 62.4 Å². The van der Waals surface area contributed by atoms with Crippen molar-refractivity contribution < 1.29 is 28.6 Å². The zero-order chi connectivity index (χ0) is 25.4. The lowest BCUT2D eigenvalue weighted by Gasteiger charge is -2.32. The largest absolute Gasteiger partial charge is 0.493 e. The first-order valence-electron chi connectivity index (χ1n) is 11.2. The number of amides is 2. The van der Waals surface area contributed by atoms with E-state index in [-0.39, 0.29) is 31.4 Å². The van der Waals surface area contributed by atoms with Gasteiger partial charge in [-0.3, -0.25) is 14.5 Å². The predicted molar refractivity (Wildman–Crippen MR) is 134 cm³/mol. The minimum atomic E-state index is -0.582. The van der Waals surface area contributed by atoms with Gasteiger partial charge in [-0.15, -0.1) is 0 Å². The fraction of sp³-hybridized carbons (Fsp3) is 0.360. The Hall–Kier alpha value is -3.53. The summed E-state index contributed by atoms with van der Waals surface area (Å²) >= 11 is 1.24. The molecule has 35 heavy (non-hydrogen) atoms. The van der Waals surface area contributed by atoms with Crippen molar-refractivity contribution in [3.63, 3.8) is 0 Å². The first-order chi connectivity index (χ1) is 16.9. The summed E-state index contributed by atoms with van der Waals surface area (Å²) in [6.45, 7) is 4.58. The molecule has 1 N–H and O–H groups in total. The Labute approximate surface area is 208 Å². The molecular weight excluding hydrogens is 470 g/mol. The van der Waals surface area contributed by atoms with Gasteiger partial charge in [0.15, 0.2) is 16.7 Å². The van der Waals surface area contributed by atoms with Gasteiger partial charge in [-0.25, -0.2) is 9.79 Å². The van der Waals surface area contributed by atoms with Crippen LogP contribution in [-0.4, -0.2) is 60.5 Å². The number of hydrogen-bond donors (Lipinski definition) is 1. The van der Waals surface area contributed by atoms with E-state index in [0.29, 0.717) is 34.5 Å². The van der Waals surface area contributed by atoms with Crippen LogP contribution in [0.2, 0.25) is 0 Å². The van der Waals surface area contributed by atoms with E-state index >= 15 is 0 Å². The molecule has 0 aromatic heterocycles. The zero-order valence-electron chi connectivity index (χ0n) is 20.2. The summed E-state index contributed by atoms with van der Waals surface area (Å²) in [6.07, 6.45) is 0.0601. The molecule has 0 saturated carbocycles. The monoisotopic (exact) mass is 499 g/mol. The van der Waals surface area contributed by atoms with Gasteiger partial charge in [0.25, 0.3) is 0 Å². The van der Waals surface area contributed by atoms with E-state index in [0.717, 1.165) is 5.56 Å². The van der Waals surface area contributed by atoms with Gasteiger partial charge in [0, 0.05) is 13.0 Å². The second-order valence-electron chi connectivity index (χ2n) is 7.54. The Morgan fingerprint density at radius 3 is 2.43 bits per heavy atom. The van der Waals surface area contributed by atoms with E-state index in [2.05, 4.69) is 10.3 Å². The number of hydrogen-bond acceptors (Lipinski definition) is 8. The lowest BCUT2D eigenvalue weighted by atomic mass is 10.1. The van der Waals surface area contributed by atoms with Crippen molar-refractivity contribution in [2.24, 2.45) is 4.99 Å². The molecule has 0 unspecified atom stereocenters. The number of esters is 1. The van der Waals surface area contributed by atoms with Gasteiger partial charge >= 0.3 is 5.97 Å². The molecule has 1 aliphatic rings. The molecule has 2 amide bonds. The Kier molecular flexibility index (Phi) is 9.13. The van der Waals surface area contributed by atoms with E-state index < -0.39 is 11.2 Å². The van der Waals surface area contributed by atoms with Crippen LogP contribution in [0.3, 0.4) is 0 Å². The molecule has 2 aromatic carbocycles. The fourth-order valence-corrected chi connectivity index (χ4v) is 4.57. The highest BCUT2D eigenvalue weighted by atomic mass is 32.2. The van der Waals surface area contributed by atoms with Gasteiger partial charge in [-0.2, -0.15) is 0 Å². The van der Waals surface area contributed by atoms with Gasteiger partial charge in [-0.05, 0) is 55.8 Å². The Balaban J connectivity index is 1.92. The molecule has 1 saturated heterocycles. The van der Waals surface area contributed by atoms with Crippen molar-refractivity contribution in [1.29, 1.82) is 0 Å². The summed E-state index contributed by atoms with van der Waals surface area (Å²) in [6, 6.07) is 12.0. The highest BCUT2D eigenvalue weighted by Crippen LogP contribution is 2.32. The van der Waals surface area contributed by atoms with Crippen LogP contribution in [0, 0.1) is 0 Å². The molecule has 1 aliphatic heterocycles. The summed E-state index contributed by atoms with van der Waals surface area (Å²) in [5.74, 6) is 0.303. The van der Waals surface area contributed by atoms with Crippen molar-refractivity contribution in [3.8, 4) is 11.5 Å². The van der Waals surface area contributed by atoms with Crippen LogP contribution in [0.5, 0.6) is 11.5 Å². The minimum absolute atomic E-state index is 0.0601. The number of carbonyl (C=O) groups excluding carboxylic acids is 3. The SMILES string of the molecule is CCNC(=O)[C@@H]1CC(=O)N(Cc2ccc(OC)c(OC)c2)C(=Nc2ccc(C(=O)OCC)cc2)S1. The number of rotatable bonds is 9. The highest BCUT2D eigenvalue weighted by Gasteiger charge is 2.35. The van der Waals surface area contributed by atoms with E-state index in [4.69, 9.17) is 14.2 Å². The normalized spacial score (nSPS) is 16.7. The summed E-state index contributed by atoms with van der Waals surface area (Å²) in [5.41, 5.74) is 1.77. The summed E-state index contributed by atoms with van der Waals surface area (Å²) in [4.78, 5) is 43.8. The average Bonchev–Trinajstić information content (AvgIpc) is 2.86. The first-order valence-corrected chi connectivity index (χ1v) is 12.1. The van der Waals surface area contributed by atoms with Crippen molar-refractivity contribution >= 4 is 40.4 Å². The molecule has 3 rings (SSSR count). The smallest absolute Gasteiger partial charge is 0.338 e. The third kappa shape index (κ3) is 6.54. The maximum Gasteiger partial charge on any atom is 0.338 e. The summed E-state index contributed by atoms with van der Waals surface area (Å²) in [7, 11) is 3.11. The maximum absolute atomic E-state index is 13.1. The van der Waals surface area contributed by atoms with Crippen LogP contribution >= 0.6 is 11.8 Å². The standard InChI is InChI=1S/C25H29N3O6S/c1-5-26-23(30)21-14-22(29)28(15-16-7-12-19(32-3)20(13-16)33-4)25(35-21)27-18-10-8-17(9-11-18)24(31)34-6-2/h7-13,21H,5-6,14-15H2,1-4H3,(H,26,30)/t21-/m0/s1. The van der Waals surface area contributed by atoms with Crippen LogP contribution < -0.4 is 14.8 Å². The van der Waals surface area contributed by atoms with Crippen LogP contribution in [-0.2, 0) is 20.9 Å². The number of carbonyl (C=O) groups is 3. The Bertz CT molecular complexity index is 1100. The van der Waals surface area contributed by atoms with Crippen molar-refractivity contribution in [1.82, 2.24) is 10.2 Å². The fourth-order valence-electron chi connectivity index (χ4n) is 3.44. The Morgan fingerprint density at radius 2 is 1.80 bits per heavy atom. The number of methoxy groups -OCH3 is 2. The van der Waals surface area contributed by atoms with Gasteiger partial charge in [0.1, 0.15) is 0 Å². The lowest BCUT2D eigenvalue weighted by molar-refractivity contribution is -0.130. The van der Waals surface area contributed by atoms with Crippen molar-refractivity contribution in [2.45, 2.75) is 32.1 Å². The molecule has 1 fully saturated rings.